The number of anilines is 1. The number of hydrogen-bond acceptors (Lipinski definition) is 3. The lowest BCUT2D eigenvalue weighted by Gasteiger charge is -2.19. The maximum absolute atomic E-state index is 12.2. The number of nitrogens with one attached hydrogen (secondary N) is 2. The smallest absolute Gasteiger partial charge is 0.240 e. The highest BCUT2D eigenvalue weighted by Gasteiger charge is 2.19. The summed E-state index contributed by atoms with van der Waals surface area (Å²) in [7, 11) is -3.50. The Hall–Kier alpha value is -1.51. The van der Waals surface area contributed by atoms with Gasteiger partial charge in [0, 0.05) is 24.7 Å². The van der Waals surface area contributed by atoms with E-state index in [-0.39, 0.29) is 10.9 Å². The van der Waals surface area contributed by atoms with Crippen LogP contribution in [0.4, 0.5) is 5.69 Å². The van der Waals surface area contributed by atoms with Gasteiger partial charge in [-0.05, 0) is 37.5 Å². The number of fused-ring (bicyclic) bond motifs is 1. The maximum Gasteiger partial charge on any atom is 0.240 e. The van der Waals surface area contributed by atoms with Gasteiger partial charge >= 0.3 is 0 Å². The van der Waals surface area contributed by atoms with E-state index in [4.69, 9.17) is 6.42 Å². The fourth-order valence-electron chi connectivity index (χ4n) is 2.16. The van der Waals surface area contributed by atoms with E-state index in [0.29, 0.717) is 6.42 Å². The molecule has 5 heteroatoms. The summed E-state index contributed by atoms with van der Waals surface area (Å²) in [6, 6.07) is 4.96. The van der Waals surface area contributed by atoms with Crippen molar-refractivity contribution in [1.29, 1.82) is 0 Å². The third-order valence-corrected chi connectivity index (χ3v) is 4.70. The van der Waals surface area contributed by atoms with Crippen molar-refractivity contribution in [3.8, 4) is 12.3 Å². The number of sulfonamides is 1. The molecule has 1 aliphatic heterocycles. The first-order valence-electron chi connectivity index (χ1n) is 6.35. The van der Waals surface area contributed by atoms with Crippen molar-refractivity contribution in [2.45, 2.75) is 37.1 Å². The summed E-state index contributed by atoms with van der Waals surface area (Å²) in [4.78, 5) is 0.282. The van der Waals surface area contributed by atoms with Crippen molar-refractivity contribution in [1.82, 2.24) is 4.72 Å². The molecule has 19 heavy (non-hydrogen) atoms. The third-order valence-electron chi connectivity index (χ3n) is 3.11. The summed E-state index contributed by atoms with van der Waals surface area (Å²) >= 11 is 0. The van der Waals surface area contributed by atoms with Crippen molar-refractivity contribution >= 4 is 15.7 Å². The van der Waals surface area contributed by atoms with Gasteiger partial charge in [-0.3, -0.25) is 0 Å². The van der Waals surface area contributed by atoms with Crippen LogP contribution in [0.5, 0.6) is 0 Å². The van der Waals surface area contributed by atoms with Gasteiger partial charge in [-0.15, -0.1) is 12.3 Å². The zero-order valence-electron chi connectivity index (χ0n) is 10.9. The molecule has 1 aromatic rings. The van der Waals surface area contributed by atoms with Gasteiger partial charge in [-0.25, -0.2) is 13.1 Å². The first-order valence-corrected chi connectivity index (χ1v) is 7.84. The summed E-state index contributed by atoms with van der Waals surface area (Å²) in [5.74, 6) is 2.45. The number of aryl methyl sites for hydroxylation is 1. The van der Waals surface area contributed by atoms with Gasteiger partial charge in [-0.1, -0.05) is 6.07 Å². The molecule has 0 saturated heterocycles. The van der Waals surface area contributed by atoms with Gasteiger partial charge in [0.25, 0.3) is 0 Å². The molecular weight excluding hydrogens is 260 g/mol. The Balaban J connectivity index is 2.23. The average Bonchev–Trinajstić information content (AvgIpc) is 2.37. The summed E-state index contributed by atoms with van der Waals surface area (Å²) in [6.07, 6.45) is 7.63. The number of hydrogen-bond donors (Lipinski definition) is 2. The molecule has 1 aromatic carbocycles. The number of benzene rings is 1. The van der Waals surface area contributed by atoms with Crippen molar-refractivity contribution < 1.29 is 8.42 Å². The van der Waals surface area contributed by atoms with E-state index in [2.05, 4.69) is 16.0 Å². The molecule has 1 aliphatic rings. The molecule has 1 atom stereocenters. The molecule has 4 nitrogen and oxygen atoms in total. The molecule has 0 aromatic heterocycles. The Morgan fingerprint density at radius 3 is 3.05 bits per heavy atom. The SMILES string of the molecule is C#CCC(C)NS(=O)(=O)c1ccc2c(c1)NCCC2. The quantitative estimate of drug-likeness (QED) is 0.825. The van der Waals surface area contributed by atoms with Gasteiger partial charge in [0.1, 0.15) is 0 Å². The molecule has 0 radical (unpaired) electrons. The van der Waals surface area contributed by atoms with E-state index in [1.807, 2.05) is 6.07 Å². The molecule has 0 saturated carbocycles. The van der Waals surface area contributed by atoms with E-state index < -0.39 is 10.0 Å². The molecule has 0 spiro atoms. The zero-order chi connectivity index (χ0) is 13.9. The second-order valence-electron chi connectivity index (χ2n) is 4.78. The Kier molecular flexibility index (Phi) is 4.13. The van der Waals surface area contributed by atoms with E-state index in [0.717, 1.165) is 25.1 Å². The molecule has 2 N–H and O–H groups in total. The van der Waals surface area contributed by atoms with Crippen LogP contribution in [0.2, 0.25) is 0 Å². The molecule has 1 unspecified atom stereocenters. The third kappa shape index (κ3) is 3.28. The monoisotopic (exact) mass is 278 g/mol. The highest BCUT2D eigenvalue weighted by molar-refractivity contribution is 7.89. The number of rotatable bonds is 4. The molecule has 0 amide bonds. The van der Waals surface area contributed by atoms with Crippen LogP contribution in [0.1, 0.15) is 25.3 Å². The van der Waals surface area contributed by atoms with Crippen LogP contribution < -0.4 is 10.0 Å². The fourth-order valence-corrected chi connectivity index (χ4v) is 3.43. The topological polar surface area (TPSA) is 58.2 Å². The van der Waals surface area contributed by atoms with Crippen LogP contribution in [0.3, 0.4) is 0 Å². The predicted octanol–water partition coefficient (Wildman–Crippen LogP) is 1.73. The highest BCUT2D eigenvalue weighted by Crippen LogP contribution is 2.25. The summed E-state index contributed by atoms with van der Waals surface area (Å²) < 4.78 is 27.0. The Bertz CT molecular complexity index is 602. The lowest BCUT2D eigenvalue weighted by molar-refractivity contribution is 0.563. The van der Waals surface area contributed by atoms with Gasteiger partial charge in [0.2, 0.25) is 10.0 Å². The zero-order valence-corrected chi connectivity index (χ0v) is 11.8. The van der Waals surface area contributed by atoms with Crippen LogP contribution in [-0.2, 0) is 16.4 Å². The van der Waals surface area contributed by atoms with E-state index in [9.17, 15) is 8.42 Å². The molecule has 0 bridgehead atoms. The van der Waals surface area contributed by atoms with Crippen LogP contribution in [-0.4, -0.2) is 21.0 Å². The van der Waals surface area contributed by atoms with Crippen LogP contribution in [0.15, 0.2) is 23.1 Å². The highest BCUT2D eigenvalue weighted by atomic mass is 32.2. The van der Waals surface area contributed by atoms with Gasteiger partial charge in [0.05, 0.1) is 4.90 Å². The van der Waals surface area contributed by atoms with Gasteiger partial charge in [0.15, 0.2) is 0 Å². The minimum Gasteiger partial charge on any atom is -0.385 e. The molecule has 2 rings (SSSR count). The summed E-state index contributed by atoms with van der Waals surface area (Å²) in [5, 5.41) is 3.23. The van der Waals surface area contributed by atoms with Gasteiger partial charge in [-0.2, -0.15) is 0 Å². The normalized spacial score (nSPS) is 16.0. The van der Waals surface area contributed by atoms with Crippen molar-refractivity contribution in [2.75, 3.05) is 11.9 Å². The van der Waals surface area contributed by atoms with Crippen LogP contribution >= 0.6 is 0 Å². The first kappa shape index (κ1) is 13.9. The number of terminal acetylenes is 1. The maximum atomic E-state index is 12.2. The minimum atomic E-state index is -3.50. The van der Waals surface area contributed by atoms with Gasteiger partial charge < -0.3 is 5.32 Å². The minimum absolute atomic E-state index is 0.265. The van der Waals surface area contributed by atoms with Crippen molar-refractivity contribution in [3.63, 3.8) is 0 Å². The Morgan fingerprint density at radius 2 is 2.32 bits per heavy atom. The molecular formula is C14H18N2O2S. The van der Waals surface area contributed by atoms with Crippen molar-refractivity contribution in [3.05, 3.63) is 23.8 Å². The molecule has 0 aliphatic carbocycles. The largest absolute Gasteiger partial charge is 0.385 e. The van der Waals surface area contributed by atoms with E-state index in [1.54, 1.807) is 19.1 Å². The summed E-state index contributed by atoms with van der Waals surface area (Å²) in [5.41, 5.74) is 2.08. The molecule has 102 valence electrons. The second-order valence-corrected chi connectivity index (χ2v) is 6.49. The standard InChI is InChI=1S/C14H18N2O2S/c1-3-5-11(2)16-19(17,18)13-8-7-12-6-4-9-15-14(12)10-13/h1,7-8,10-11,15-16H,4-6,9H2,2H3. The Labute approximate surface area is 114 Å². The van der Waals surface area contributed by atoms with Crippen LogP contribution in [0, 0.1) is 12.3 Å². The average molecular weight is 278 g/mol. The molecule has 0 fully saturated rings. The van der Waals surface area contributed by atoms with Crippen LogP contribution in [0.25, 0.3) is 0 Å². The lowest BCUT2D eigenvalue weighted by atomic mass is 10.0. The first-order chi connectivity index (χ1) is 9.03. The van der Waals surface area contributed by atoms with Crippen molar-refractivity contribution in [2.24, 2.45) is 0 Å². The predicted molar refractivity (Wildman–Crippen MR) is 76.5 cm³/mol. The summed E-state index contributed by atoms with van der Waals surface area (Å²) in [6.45, 7) is 2.64. The lowest BCUT2D eigenvalue weighted by Crippen LogP contribution is -2.32. The molecule has 1 heterocycles. The Morgan fingerprint density at radius 1 is 1.53 bits per heavy atom. The van der Waals surface area contributed by atoms with E-state index in [1.165, 1.54) is 5.56 Å². The van der Waals surface area contributed by atoms with E-state index >= 15 is 0 Å². The fraction of sp³-hybridized carbons (Fsp3) is 0.429. The second kappa shape index (κ2) is 5.64.